The van der Waals surface area contributed by atoms with E-state index < -0.39 is 12.0 Å². The van der Waals surface area contributed by atoms with E-state index in [2.05, 4.69) is 4.98 Å². The number of nitrogens with zero attached hydrogens (tertiary/aromatic N) is 2. The lowest BCUT2D eigenvalue weighted by Gasteiger charge is -2.04. The van der Waals surface area contributed by atoms with Crippen LogP contribution in [-0.4, -0.2) is 4.98 Å². The molecule has 0 unspecified atom stereocenters. The fourth-order valence-corrected chi connectivity index (χ4v) is 1.08. The van der Waals surface area contributed by atoms with Gasteiger partial charge in [0.25, 0.3) is 6.43 Å². The Kier molecular flexibility index (Phi) is 2.63. The second kappa shape index (κ2) is 3.54. The summed E-state index contributed by atoms with van der Waals surface area (Å²) in [6.07, 6.45) is -2.78. The zero-order valence-corrected chi connectivity index (χ0v) is 7.02. The number of halogens is 3. The minimum Gasteiger partial charge on any atom is -0.384 e. The molecule has 0 aromatic carbocycles. The molecule has 0 bridgehead atoms. The number of hydrogen-bond donors (Lipinski definition) is 1. The molecule has 1 rings (SSSR count). The van der Waals surface area contributed by atoms with Crippen molar-refractivity contribution in [2.24, 2.45) is 0 Å². The molecule has 68 valence electrons. The molecule has 2 N–H and O–H groups in total. The summed E-state index contributed by atoms with van der Waals surface area (Å²) in [5.74, 6) is -0.126. The third kappa shape index (κ3) is 1.84. The van der Waals surface area contributed by atoms with Crippen LogP contribution in [0.4, 0.5) is 14.6 Å². The molecule has 6 heteroatoms. The molecule has 0 amide bonds. The van der Waals surface area contributed by atoms with E-state index >= 15 is 0 Å². The van der Waals surface area contributed by atoms with Crippen LogP contribution < -0.4 is 5.73 Å². The lowest BCUT2D eigenvalue weighted by molar-refractivity contribution is 0.151. The van der Waals surface area contributed by atoms with Gasteiger partial charge >= 0.3 is 0 Å². The van der Waals surface area contributed by atoms with Crippen LogP contribution in [0.5, 0.6) is 0 Å². The van der Waals surface area contributed by atoms with Crippen molar-refractivity contribution in [3.63, 3.8) is 0 Å². The SMILES string of the molecule is N#Cc1c(C(F)F)cc(N)nc1Cl. The number of nitriles is 1. The number of nitrogen functional groups attached to an aromatic ring is 1. The van der Waals surface area contributed by atoms with E-state index in [1.54, 1.807) is 6.07 Å². The Balaban J connectivity index is 3.41. The van der Waals surface area contributed by atoms with Crippen molar-refractivity contribution in [3.05, 3.63) is 22.3 Å². The molecular formula is C7H4ClF2N3. The van der Waals surface area contributed by atoms with Gasteiger partial charge in [-0.05, 0) is 6.07 Å². The third-order valence-electron chi connectivity index (χ3n) is 1.37. The van der Waals surface area contributed by atoms with Gasteiger partial charge in [-0.25, -0.2) is 13.8 Å². The normalized spacial score (nSPS) is 10.1. The predicted molar refractivity (Wildman–Crippen MR) is 43.3 cm³/mol. The van der Waals surface area contributed by atoms with Gasteiger partial charge in [0.15, 0.2) is 0 Å². The summed E-state index contributed by atoms with van der Waals surface area (Å²) in [7, 11) is 0. The van der Waals surface area contributed by atoms with Crippen molar-refractivity contribution in [3.8, 4) is 6.07 Å². The number of aromatic nitrogens is 1. The Morgan fingerprint density at radius 1 is 1.62 bits per heavy atom. The molecule has 0 radical (unpaired) electrons. The standard InChI is InChI=1S/C7H4ClF2N3/c8-6-4(2-11)3(7(9)10)1-5(12)13-6/h1,7H,(H2,12,13). The van der Waals surface area contributed by atoms with Crippen molar-refractivity contribution >= 4 is 17.4 Å². The molecule has 0 fully saturated rings. The van der Waals surface area contributed by atoms with Gasteiger partial charge in [0.1, 0.15) is 17.0 Å². The van der Waals surface area contributed by atoms with Crippen LogP contribution in [0.15, 0.2) is 6.07 Å². The van der Waals surface area contributed by atoms with Crippen LogP contribution >= 0.6 is 11.6 Å². The molecule has 3 nitrogen and oxygen atoms in total. The maximum Gasteiger partial charge on any atom is 0.265 e. The van der Waals surface area contributed by atoms with E-state index in [0.717, 1.165) is 6.07 Å². The summed E-state index contributed by atoms with van der Waals surface area (Å²) in [5, 5.41) is 8.20. The highest BCUT2D eigenvalue weighted by Crippen LogP contribution is 2.27. The van der Waals surface area contributed by atoms with Crippen LogP contribution in [0.2, 0.25) is 5.15 Å². The summed E-state index contributed by atoms with van der Waals surface area (Å²) in [6, 6.07) is 2.48. The van der Waals surface area contributed by atoms with Gasteiger partial charge in [0, 0.05) is 5.56 Å². The number of anilines is 1. The van der Waals surface area contributed by atoms with Gasteiger partial charge in [-0.15, -0.1) is 0 Å². The quantitative estimate of drug-likeness (QED) is 0.711. The van der Waals surface area contributed by atoms with E-state index in [4.69, 9.17) is 22.6 Å². The van der Waals surface area contributed by atoms with Crippen molar-refractivity contribution in [1.29, 1.82) is 5.26 Å². The maximum atomic E-state index is 12.3. The first-order chi connectivity index (χ1) is 6.06. The predicted octanol–water partition coefficient (Wildman–Crippen LogP) is 2.13. The summed E-state index contributed by atoms with van der Waals surface area (Å²) >= 11 is 5.43. The topological polar surface area (TPSA) is 62.7 Å². The first kappa shape index (κ1) is 9.68. The largest absolute Gasteiger partial charge is 0.384 e. The zero-order valence-electron chi connectivity index (χ0n) is 6.26. The van der Waals surface area contributed by atoms with Crippen LogP contribution in [0.25, 0.3) is 0 Å². The average Bonchev–Trinajstić information content (AvgIpc) is 2.02. The van der Waals surface area contributed by atoms with E-state index in [9.17, 15) is 8.78 Å². The highest BCUT2D eigenvalue weighted by Gasteiger charge is 2.17. The first-order valence-electron chi connectivity index (χ1n) is 3.20. The minimum absolute atomic E-state index is 0.126. The lowest BCUT2D eigenvalue weighted by Crippen LogP contribution is -1.98. The highest BCUT2D eigenvalue weighted by molar-refractivity contribution is 6.30. The van der Waals surface area contributed by atoms with Crippen molar-refractivity contribution in [2.45, 2.75) is 6.43 Å². The zero-order chi connectivity index (χ0) is 10.0. The fraction of sp³-hybridized carbons (Fsp3) is 0.143. The number of rotatable bonds is 1. The molecule has 0 aliphatic rings. The van der Waals surface area contributed by atoms with Crippen molar-refractivity contribution in [1.82, 2.24) is 4.98 Å². The Morgan fingerprint density at radius 3 is 2.69 bits per heavy atom. The van der Waals surface area contributed by atoms with Gasteiger partial charge in [0.2, 0.25) is 0 Å². The molecule has 0 aliphatic carbocycles. The van der Waals surface area contributed by atoms with Gasteiger partial charge in [-0.2, -0.15) is 5.26 Å². The molecule has 1 heterocycles. The second-order valence-corrected chi connectivity index (χ2v) is 2.57. The van der Waals surface area contributed by atoms with E-state index in [0.29, 0.717) is 0 Å². The molecule has 1 aromatic heterocycles. The first-order valence-corrected chi connectivity index (χ1v) is 3.58. The molecule has 0 saturated carbocycles. The van der Waals surface area contributed by atoms with Crippen LogP contribution in [0.3, 0.4) is 0 Å². The Labute approximate surface area is 77.7 Å². The Hall–Kier alpha value is -1.41. The number of nitrogens with two attached hydrogens (primary N) is 1. The lowest BCUT2D eigenvalue weighted by atomic mass is 10.1. The van der Waals surface area contributed by atoms with Gasteiger partial charge in [-0.3, -0.25) is 0 Å². The van der Waals surface area contributed by atoms with Crippen LogP contribution in [0.1, 0.15) is 17.6 Å². The van der Waals surface area contributed by atoms with Gasteiger partial charge in [-0.1, -0.05) is 11.6 Å². The summed E-state index contributed by atoms with van der Waals surface area (Å²) in [4.78, 5) is 3.47. The maximum absolute atomic E-state index is 12.3. The second-order valence-electron chi connectivity index (χ2n) is 2.21. The number of hydrogen-bond acceptors (Lipinski definition) is 3. The molecule has 0 saturated heterocycles. The fourth-order valence-electron chi connectivity index (χ4n) is 0.835. The van der Waals surface area contributed by atoms with E-state index in [-0.39, 0.29) is 16.5 Å². The van der Waals surface area contributed by atoms with Crippen LogP contribution in [0, 0.1) is 11.3 Å². The Bertz CT molecular complexity index is 373. The number of pyridine rings is 1. The Morgan fingerprint density at radius 2 is 2.23 bits per heavy atom. The van der Waals surface area contributed by atoms with E-state index in [1.165, 1.54) is 0 Å². The smallest absolute Gasteiger partial charge is 0.265 e. The minimum atomic E-state index is -2.78. The van der Waals surface area contributed by atoms with Crippen molar-refractivity contribution in [2.75, 3.05) is 5.73 Å². The van der Waals surface area contributed by atoms with Crippen LogP contribution in [-0.2, 0) is 0 Å². The van der Waals surface area contributed by atoms with Crippen molar-refractivity contribution < 1.29 is 8.78 Å². The highest BCUT2D eigenvalue weighted by atomic mass is 35.5. The monoisotopic (exact) mass is 203 g/mol. The molecular weight excluding hydrogens is 200 g/mol. The summed E-state index contributed by atoms with van der Waals surface area (Å²) in [5.41, 5.74) is 4.37. The molecule has 0 spiro atoms. The summed E-state index contributed by atoms with van der Waals surface area (Å²) < 4.78 is 24.6. The van der Waals surface area contributed by atoms with Gasteiger partial charge in [0.05, 0.1) is 5.56 Å². The summed E-state index contributed by atoms with van der Waals surface area (Å²) in [6.45, 7) is 0. The number of alkyl halides is 2. The van der Waals surface area contributed by atoms with E-state index in [1.807, 2.05) is 0 Å². The molecule has 0 aliphatic heterocycles. The average molecular weight is 204 g/mol. The molecule has 13 heavy (non-hydrogen) atoms. The third-order valence-corrected chi connectivity index (χ3v) is 1.65. The molecule has 0 atom stereocenters. The van der Waals surface area contributed by atoms with Gasteiger partial charge < -0.3 is 5.73 Å². The molecule has 1 aromatic rings.